The van der Waals surface area contributed by atoms with Crippen molar-refractivity contribution in [2.45, 2.75) is 25.5 Å². The predicted molar refractivity (Wildman–Crippen MR) is 99.3 cm³/mol. The molecule has 1 saturated heterocycles. The Morgan fingerprint density at radius 3 is 2.88 bits per heavy atom. The summed E-state index contributed by atoms with van der Waals surface area (Å²) >= 11 is 1.56. The number of hydrogen-bond donors (Lipinski definition) is 1. The van der Waals surface area contributed by atoms with Crippen molar-refractivity contribution in [1.82, 2.24) is 9.62 Å². The summed E-state index contributed by atoms with van der Waals surface area (Å²) in [7, 11) is -3.24. The largest absolute Gasteiger partial charge is 0.355 e. The van der Waals surface area contributed by atoms with Crippen molar-refractivity contribution in [2.75, 3.05) is 31.1 Å². The van der Waals surface area contributed by atoms with Gasteiger partial charge in [0.15, 0.2) is 0 Å². The molecule has 1 heterocycles. The minimum Gasteiger partial charge on any atom is -0.355 e. The van der Waals surface area contributed by atoms with E-state index in [9.17, 15) is 17.6 Å². The Balaban J connectivity index is 1.70. The Bertz CT molecular complexity index is 682. The third-order valence-corrected chi connectivity index (χ3v) is 7.13. The van der Waals surface area contributed by atoms with E-state index < -0.39 is 10.0 Å². The maximum atomic E-state index is 13.5. The van der Waals surface area contributed by atoms with Crippen LogP contribution in [0.2, 0.25) is 0 Å². The van der Waals surface area contributed by atoms with Gasteiger partial charge in [-0.25, -0.2) is 17.1 Å². The molecule has 0 aromatic heterocycles. The maximum Gasteiger partial charge on any atom is 0.224 e. The molecule has 1 atom stereocenters. The van der Waals surface area contributed by atoms with Gasteiger partial charge in [-0.2, -0.15) is 11.8 Å². The van der Waals surface area contributed by atoms with Crippen LogP contribution in [0.4, 0.5) is 4.39 Å². The first-order valence-electron chi connectivity index (χ1n) is 8.50. The number of rotatable bonds is 8. The van der Waals surface area contributed by atoms with E-state index in [-0.39, 0.29) is 29.9 Å². The third kappa shape index (κ3) is 5.97. The molecule has 25 heavy (non-hydrogen) atoms. The highest BCUT2D eigenvalue weighted by molar-refractivity contribution is 7.98. The number of halogens is 1. The summed E-state index contributed by atoms with van der Waals surface area (Å²) in [6, 6.07) is 6.67. The number of benzene rings is 1. The summed E-state index contributed by atoms with van der Waals surface area (Å²) in [5.74, 6) is 0.722. The second-order valence-electron chi connectivity index (χ2n) is 6.03. The zero-order valence-corrected chi connectivity index (χ0v) is 16.0. The average molecular weight is 389 g/mol. The van der Waals surface area contributed by atoms with Crippen LogP contribution in [0.25, 0.3) is 0 Å². The van der Waals surface area contributed by atoms with Crippen LogP contribution in [-0.4, -0.2) is 49.8 Å². The number of amides is 1. The van der Waals surface area contributed by atoms with Gasteiger partial charge in [-0.3, -0.25) is 4.79 Å². The van der Waals surface area contributed by atoms with Gasteiger partial charge in [-0.05, 0) is 31.4 Å². The monoisotopic (exact) mass is 388 g/mol. The van der Waals surface area contributed by atoms with Gasteiger partial charge in [0, 0.05) is 31.1 Å². The normalized spacial score (nSPS) is 18.9. The van der Waals surface area contributed by atoms with Crippen molar-refractivity contribution < 1.29 is 17.6 Å². The number of sulfonamides is 1. The van der Waals surface area contributed by atoms with Gasteiger partial charge in [0.1, 0.15) is 5.82 Å². The van der Waals surface area contributed by atoms with Crippen molar-refractivity contribution in [1.29, 1.82) is 0 Å². The predicted octanol–water partition coefficient (Wildman–Crippen LogP) is 2.24. The highest BCUT2D eigenvalue weighted by Gasteiger charge is 2.31. The summed E-state index contributed by atoms with van der Waals surface area (Å²) in [6.45, 7) is 2.88. The second kappa shape index (κ2) is 9.54. The first-order valence-corrected chi connectivity index (χ1v) is 11.3. The molecule has 0 aliphatic carbocycles. The van der Waals surface area contributed by atoms with Gasteiger partial charge in [-0.1, -0.05) is 18.2 Å². The number of thioether (sulfide) groups is 1. The van der Waals surface area contributed by atoms with E-state index in [4.69, 9.17) is 0 Å². The van der Waals surface area contributed by atoms with Crippen molar-refractivity contribution in [2.24, 2.45) is 5.92 Å². The SMILES string of the molecule is CCS(=O)(=O)N1CCC[C@H](C(=O)NCCSCc2ccccc2F)C1. The summed E-state index contributed by atoms with van der Waals surface area (Å²) in [4.78, 5) is 12.2. The fourth-order valence-electron chi connectivity index (χ4n) is 2.78. The van der Waals surface area contributed by atoms with Crippen LogP contribution in [0.15, 0.2) is 24.3 Å². The number of nitrogens with zero attached hydrogens (tertiary/aromatic N) is 1. The molecule has 1 aromatic carbocycles. The summed E-state index contributed by atoms with van der Waals surface area (Å²) in [6.07, 6.45) is 1.42. The molecule has 1 aromatic rings. The van der Waals surface area contributed by atoms with Crippen LogP contribution in [-0.2, 0) is 20.6 Å². The van der Waals surface area contributed by atoms with Crippen LogP contribution in [0, 0.1) is 11.7 Å². The topological polar surface area (TPSA) is 66.5 Å². The minimum absolute atomic E-state index is 0.0635. The molecule has 1 amide bonds. The van der Waals surface area contributed by atoms with E-state index in [1.54, 1.807) is 36.9 Å². The Morgan fingerprint density at radius 1 is 1.40 bits per heavy atom. The van der Waals surface area contributed by atoms with Crippen molar-refractivity contribution in [3.05, 3.63) is 35.6 Å². The molecule has 0 unspecified atom stereocenters. The Hall–Kier alpha value is -1.12. The molecule has 140 valence electrons. The summed E-state index contributed by atoms with van der Waals surface area (Å²) in [5.41, 5.74) is 0.659. The first kappa shape index (κ1) is 20.2. The Kier molecular flexibility index (Phi) is 7.71. The molecule has 8 heteroatoms. The zero-order chi connectivity index (χ0) is 18.3. The van der Waals surface area contributed by atoms with Gasteiger partial charge in [0.25, 0.3) is 0 Å². The molecule has 1 aliphatic heterocycles. The lowest BCUT2D eigenvalue weighted by Gasteiger charge is -2.30. The van der Waals surface area contributed by atoms with Crippen LogP contribution < -0.4 is 5.32 Å². The highest BCUT2D eigenvalue weighted by atomic mass is 32.2. The standard InChI is InChI=1S/C17H25FN2O3S2/c1-2-25(22,23)20-10-5-7-14(12-20)17(21)19-9-11-24-13-15-6-3-4-8-16(15)18/h3-4,6,8,14H,2,5,7,9-13H2,1H3,(H,19,21)/t14-/m0/s1. The van der Waals surface area contributed by atoms with Crippen molar-refractivity contribution in [3.8, 4) is 0 Å². The van der Waals surface area contributed by atoms with Gasteiger partial charge >= 0.3 is 0 Å². The number of hydrogen-bond acceptors (Lipinski definition) is 4. The zero-order valence-electron chi connectivity index (χ0n) is 14.4. The lowest BCUT2D eigenvalue weighted by Crippen LogP contribution is -2.46. The van der Waals surface area contributed by atoms with E-state index in [2.05, 4.69) is 5.32 Å². The molecule has 0 saturated carbocycles. The van der Waals surface area contributed by atoms with E-state index in [0.29, 0.717) is 43.0 Å². The summed E-state index contributed by atoms with van der Waals surface area (Å²) < 4.78 is 38.8. The average Bonchev–Trinajstić information content (AvgIpc) is 2.63. The van der Waals surface area contributed by atoms with Crippen LogP contribution in [0.1, 0.15) is 25.3 Å². The number of carbonyl (C=O) groups excluding carboxylic acids is 1. The van der Waals surface area contributed by atoms with Gasteiger partial charge < -0.3 is 5.32 Å². The quantitative estimate of drug-likeness (QED) is 0.694. The molecule has 0 bridgehead atoms. The fourth-order valence-corrected chi connectivity index (χ4v) is 4.80. The summed E-state index contributed by atoms with van der Waals surface area (Å²) in [5, 5.41) is 2.87. The molecule has 0 spiro atoms. The Labute approximate surface area is 153 Å². The highest BCUT2D eigenvalue weighted by Crippen LogP contribution is 2.20. The van der Waals surface area contributed by atoms with E-state index in [0.717, 1.165) is 0 Å². The molecule has 1 aliphatic rings. The number of nitrogens with one attached hydrogen (secondary N) is 1. The molecular weight excluding hydrogens is 363 g/mol. The van der Waals surface area contributed by atoms with E-state index in [1.165, 1.54) is 10.4 Å². The molecule has 5 nitrogen and oxygen atoms in total. The van der Waals surface area contributed by atoms with Gasteiger partial charge in [0.05, 0.1) is 11.7 Å². The number of carbonyl (C=O) groups is 1. The van der Waals surface area contributed by atoms with Crippen molar-refractivity contribution >= 4 is 27.7 Å². The molecule has 0 radical (unpaired) electrons. The third-order valence-electron chi connectivity index (χ3n) is 4.27. The maximum absolute atomic E-state index is 13.5. The van der Waals surface area contributed by atoms with Crippen LogP contribution >= 0.6 is 11.8 Å². The first-order chi connectivity index (χ1) is 11.9. The van der Waals surface area contributed by atoms with Gasteiger partial charge in [-0.15, -0.1) is 0 Å². The lowest BCUT2D eigenvalue weighted by atomic mass is 9.99. The van der Waals surface area contributed by atoms with Crippen LogP contribution in [0.3, 0.4) is 0 Å². The Morgan fingerprint density at radius 2 is 2.16 bits per heavy atom. The van der Waals surface area contributed by atoms with E-state index in [1.807, 2.05) is 0 Å². The number of piperidine rings is 1. The lowest BCUT2D eigenvalue weighted by molar-refractivity contribution is -0.125. The second-order valence-corrected chi connectivity index (χ2v) is 9.40. The van der Waals surface area contributed by atoms with Crippen LogP contribution in [0.5, 0.6) is 0 Å². The molecule has 1 N–H and O–H groups in total. The molecular formula is C17H25FN2O3S2. The smallest absolute Gasteiger partial charge is 0.224 e. The fraction of sp³-hybridized carbons (Fsp3) is 0.588. The van der Waals surface area contributed by atoms with E-state index >= 15 is 0 Å². The molecule has 2 rings (SSSR count). The van der Waals surface area contributed by atoms with Crippen molar-refractivity contribution in [3.63, 3.8) is 0 Å². The minimum atomic E-state index is -3.24. The van der Waals surface area contributed by atoms with Gasteiger partial charge in [0.2, 0.25) is 15.9 Å². The molecule has 1 fully saturated rings.